The molecule has 0 radical (unpaired) electrons. The third-order valence-electron chi connectivity index (χ3n) is 3.67. The van der Waals surface area contributed by atoms with Crippen LogP contribution in [0.25, 0.3) is 0 Å². The fourth-order valence-electron chi connectivity index (χ4n) is 2.31. The third-order valence-corrected chi connectivity index (χ3v) is 3.67. The summed E-state index contributed by atoms with van der Waals surface area (Å²) in [6.45, 7) is -0.602. The topological polar surface area (TPSA) is 160 Å². The molecule has 0 unspecified atom stereocenters. The molecule has 21 heavy (non-hydrogen) atoms. The Labute approximate surface area is 120 Å². The Morgan fingerprint density at radius 1 is 0.810 bits per heavy atom. The molecule has 9 nitrogen and oxygen atoms in total. The molecular weight excluding hydrogens is 288 g/mol. The van der Waals surface area contributed by atoms with Gasteiger partial charge in [0.1, 0.15) is 48.8 Å². The molecule has 0 aromatic carbocycles. The predicted molar refractivity (Wildman–Crippen MR) is 65.8 cm³/mol. The van der Waals surface area contributed by atoms with Gasteiger partial charge < -0.3 is 45.2 Å². The highest BCUT2D eigenvalue weighted by Crippen LogP contribution is 2.25. The number of rotatable bonds is 3. The van der Waals surface area contributed by atoms with Gasteiger partial charge in [-0.15, -0.1) is 0 Å². The fraction of sp³-hybridized carbons (Fsp3) is 0.833. The zero-order valence-corrected chi connectivity index (χ0v) is 11.0. The molecule has 2 rings (SSSR count). The molecule has 7 N–H and O–H groups in total. The van der Waals surface area contributed by atoms with Crippen molar-refractivity contribution in [1.29, 1.82) is 0 Å². The van der Waals surface area contributed by atoms with Gasteiger partial charge in [-0.3, -0.25) is 0 Å². The quantitative estimate of drug-likeness (QED) is 0.257. The van der Waals surface area contributed by atoms with Gasteiger partial charge in [0.15, 0.2) is 6.29 Å². The molecular formula is C12H20O9. The molecule has 0 aromatic rings. The van der Waals surface area contributed by atoms with Gasteiger partial charge in [-0.2, -0.15) is 0 Å². The highest BCUT2D eigenvalue weighted by molar-refractivity contribution is 5.08. The summed E-state index contributed by atoms with van der Waals surface area (Å²) in [5.74, 6) is 0. The zero-order valence-electron chi connectivity index (χ0n) is 11.0. The minimum absolute atomic E-state index is 0.602. The molecule has 1 heterocycles. The predicted octanol–water partition coefficient (Wildman–Crippen LogP) is -4.18. The minimum atomic E-state index is -1.60. The summed E-state index contributed by atoms with van der Waals surface area (Å²) in [6, 6.07) is 0. The van der Waals surface area contributed by atoms with Crippen LogP contribution in [0.3, 0.4) is 0 Å². The van der Waals surface area contributed by atoms with Crippen LogP contribution in [0.1, 0.15) is 0 Å². The van der Waals surface area contributed by atoms with Crippen molar-refractivity contribution in [3.05, 3.63) is 12.2 Å². The van der Waals surface area contributed by atoms with E-state index in [9.17, 15) is 30.6 Å². The maximum atomic E-state index is 9.80. The zero-order chi connectivity index (χ0) is 15.7. The maximum absolute atomic E-state index is 9.80. The lowest BCUT2D eigenvalue weighted by molar-refractivity contribution is -0.315. The molecule has 9 atom stereocenters. The van der Waals surface area contributed by atoms with E-state index >= 15 is 0 Å². The van der Waals surface area contributed by atoms with E-state index in [2.05, 4.69) is 0 Å². The van der Waals surface area contributed by atoms with Crippen LogP contribution in [-0.2, 0) is 9.47 Å². The summed E-state index contributed by atoms with van der Waals surface area (Å²) in [7, 11) is 0. The highest BCUT2D eigenvalue weighted by atomic mass is 16.7. The number of aliphatic hydroxyl groups is 7. The van der Waals surface area contributed by atoms with Crippen molar-refractivity contribution in [2.75, 3.05) is 6.61 Å². The van der Waals surface area contributed by atoms with Gasteiger partial charge >= 0.3 is 0 Å². The summed E-state index contributed by atoms with van der Waals surface area (Å²) < 4.78 is 10.4. The van der Waals surface area contributed by atoms with Crippen molar-refractivity contribution in [3.8, 4) is 0 Å². The Kier molecular flexibility index (Phi) is 5.30. The van der Waals surface area contributed by atoms with Crippen molar-refractivity contribution < 1.29 is 45.2 Å². The Balaban J connectivity index is 2.06. The van der Waals surface area contributed by atoms with Crippen LogP contribution in [0.15, 0.2) is 12.2 Å². The van der Waals surface area contributed by atoms with Crippen LogP contribution in [0, 0.1) is 0 Å². The lowest BCUT2D eigenvalue weighted by Crippen LogP contribution is -2.60. The highest BCUT2D eigenvalue weighted by Gasteiger charge is 2.46. The fourth-order valence-corrected chi connectivity index (χ4v) is 2.31. The van der Waals surface area contributed by atoms with Crippen LogP contribution in [0.4, 0.5) is 0 Å². The maximum Gasteiger partial charge on any atom is 0.187 e. The monoisotopic (exact) mass is 308 g/mol. The van der Waals surface area contributed by atoms with E-state index in [0.717, 1.165) is 0 Å². The second-order valence-electron chi connectivity index (χ2n) is 5.15. The standard InChI is InChI=1S/C12H20O9/c13-3-6-9(17)10(18)11(19)12(21-6)20-5-2-1-4(14)7(15)8(5)16/h1-2,4-19H,3H2/t4-,5+,6-,7+,8-,9+,10+,11-,12+/m1/s1. The van der Waals surface area contributed by atoms with E-state index in [1.165, 1.54) is 12.2 Å². The van der Waals surface area contributed by atoms with E-state index in [1.54, 1.807) is 0 Å². The molecule has 9 heteroatoms. The molecule has 2 aliphatic rings. The summed E-state index contributed by atoms with van der Waals surface area (Å²) in [5, 5.41) is 66.7. The molecule has 0 spiro atoms. The van der Waals surface area contributed by atoms with Crippen LogP contribution in [-0.4, -0.2) is 97.5 Å². The molecule has 0 amide bonds. The van der Waals surface area contributed by atoms with E-state index in [-0.39, 0.29) is 0 Å². The van der Waals surface area contributed by atoms with Crippen molar-refractivity contribution >= 4 is 0 Å². The van der Waals surface area contributed by atoms with Gasteiger partial charge in [-0.25, -0.2) is 0 Å². The molecule has 0 aromatic heterocycles. The van der Waals surface area contributed by atoms with Gasteiger partial charge in [0.2, 0.25) is 0 Å². The van der Waals surface area contributed by atoms with Gasteiger partial charge in [0, 0.05) is 0 Å². The Bertz CT molecular complexity index is 374. The number of aliphatic hydroxyl groups excluding tert-OH is 7. The van der Waals surface area contributed by atoms with E-state index in [0.29, 0.717) is 0 Å². The Morgan fingerprint density at radius 3 is 2.10 bits per heavy atom. The SMILES string of the molecule is OC[C@H]1O[C@H](O[C@H]2C=C[C@@H](O)[C@H](O)[C@@H]2O)[C@H](O)[C@@H](O)[C@H]1O. The Hall–Kier alpha value is -0.620. The number of hydrogen-bond donors (Lipinski definition) is 7. The second kappa shape index (κ2) is 6.65. The minimum Gasteiger partial charge on any atom is -0.394 e. The molecule has 1 aliphatic heterocycles. The van der Waals surface area contributed by atoms with Gasteiger partial charge in [-0.1, -0.05) is 12.2 Å². The first kappa shape index (κ1) is 16.7. The van der Waals surface area contributed by atoms with Crippen LogP contribution in [0.5, 0.6) is 0 Å². The molecule has 1 fully saturated rings. The van der Waals surface area contributed by atoms with E-state index in [4.69, 9.17) is 14.6 Å². The van der Waals surface area contributed by atoms with E-state index in [1.807, 2.05) is 0 Å². The molecule has 0 bridgehead atoms. The largest absolute Gasteiger partial charge is 0.394 e. The van der Waals surface area contributed by atoms with Crippen molar-refractivity contribution in [2.45, 2.75) is 55.1 Å². The average Bonchev–Trinajstić information content (AvgIpc) is 2.48. The van der Waals surface area contributed by atoms with Gasteiger partial charge in [0.05, 0.1) is 6.61 Å². The van der Waals surface area contributed by atoms with Crippen molar-refractivity contribution in [3.63, 3.8) is 0 Å². The van der Waals surface area contributed by atoms with Crippen LogP contribution >= 0.6 is 0 Å². The molecule has 1 saturated heterocycles. The van der Waals surface area contributed by atoms with Crippen LogP contribution < -0.4 is 0 Å². The summed E-state index contributed by atoms with van der Waals surface area (Å²) in [5.41, 5.74) is 0. The summed E-state index contributed by atoms with van der Waals surface area (Å²) in [6.07, 6.45) is -10.0. The lowest BCUT2D eigenvalue weighted by Gasteiger charge is -2.42. The first-order chi connectivity index (χ1) is 9.86. The molecule has 1 aliphatic carbocycles. The third kappa shape index (κ3) is 3.26. The first-order valence-corrected chi connectivity index (χ1v) is 6.55. The molecule has 122 valence electrons. The molecule has 0 saturated carbocycles. The second-order valence-corrected chi connectivity index (χ2v) is 5.15. The number of ether oxygens (including phenoxy) is 2. The van der Waals surface area contributed by atoms with Crippen molar-refractivity contribution in [2.24, 2.45) is 0 Å². The number of hydrogen-bond acceptors (Lipinski definition) is 9. The lowest BCUT2D eigenvalue weighted by atomic mass is 9.95. The first-order valence-electron chi connectivity index (χ1n) is 6.55. The van der Waals surface area contributed by atoms with Gasteiger partial charge in [-0.05, 0) is 0 Å². The smallest absolute Gasteiger partial charge is 0.187 e. The van der Waals surface area contributed by atoms with Gasteiger partial charge in [0.25, 0.3) is 0 Å². The normalized spacial score (nSPS) is 51.1. The van der Waals surface area contributed by atoms with Crippen molar-refractivity contribution in [1.82, 2.24) is 0 Å². The average molecular weight is 308 g/mol. The van der Waals surface area contributed by atoms with E-state index < -0.39 is 61.7 Å². The summed E-state index contributed by atoms with van der Waals surface area (Å²) >= 11 is 0. The van der Waals surface area contributed by atoms with Crippen LogP contribution in [0.2, 0.25) is 0 Å². The Morgan fingerprint density at radius 2 is 1.48 bits per heavy atom. The summed E-state index contributed by atoms with van der Waals surface area (Å²) in [4.78, 5) is 0.